The minimum Gasteiger partial charge on any atom is -0.508 e. The molecule has 22 nitrogen and oxygen atoms in total. The van der Waals surface area contributed by atoms with Crippen molar-refractivity contribution in [2.45, 2.75) is 75.1 Å². The van der Waals surface area contributed by atoms with Crippen LogP contribution in [0.4, 0.5) is 4.79 Å². The number of phenols is 1. The van der Waals surface area contributed by atoms with Crippen LogP contribution in [0.3, 0.4) is 0 Å². The number of hydrogen-bond donors (Lipinski definition) is 11. The minimum atomic E-state index is -1.60. The SMILES string of the molecule is CSCCC(NC(=O)NC(Cc1c[nH]c2ccccc12)C(=O)O)C(=O)NC(C(=O)NC=C1CC(O)C(n2ccc(=O)[nH]c2=O)O1)C(C)N(C)C(=O)C(Cc1cccc(O)c1)NC(=O)CN. The Morgan fingerprint density at radius 2 is 1.72 bits per heavy atom. The van der Waals surface area contributed by atoms with Gasteiger partial charge >= 0.3 is 17.7 Å². The van der Waals surface area contributed by atoms with Crippen molar-refractivity contribution in [2.75, 3.05) is 25.6 Å². The fraction of sp³-hybridized carbons (Fsp3) is 0.381. The van der Waals surface area contributed by atoms with E-state index in [1.54, 1.807) is 36.7 Å². The number of aliphatic hydroxyl groups excluding tert-OH is 1. The van der Waals surface area contributed by atoms with E-state index in [9.17, 15) is 53.7 Å². The van der Waals surface area contributed by atoms with Gasteiger partial charge in [-0.3, -0.25) is 33.5 Å². The van der Waals surface area contributed by atoms with Crippen LogP contribution in [0.25, 0.3) is 10.9 Å². The first-order chi connectivity index (χ1) is 31.0. The summed E-state index contributed by atoms with van der Waals surface area (Å²) in [5.41, 5.74) is 5.90. The molecule has 0 saturated carbocycles. The second-order valence-electron chi connectivity index (χ2n) is 15.2. The average molecular weight is 921 g/mol. The van der Waals surface area contributed by atoms with E-state index >= 15 is 0 Å². The van der Waals surface area contributed by atoms with Gasteiger partial charge in [0.1, 0.15) is 41.8 Å². The number of aromatic hydroxyl groups is 1. The van der Waals surface area contributed by atoms with Crippen LogP contribution in [0.2, 0.25) is 0 Å². The van der Waals surface area contributed by atoms with Crippen LogP contribution in [0.15, 0.2) is 88.5 Å². The lowest BCUT2D eigenvalue weighted by Gasteiger charge is -2.34. The molecule has 4 aromatic rings. The molecule has 2 aromatic heterocycles. The summed E-state index contributed by atoms with van der Waals surface area (Å²) in [7, 11) is 1.33. The number of nitrogens with one attached hydrogen (secondary N) is 7. The summed E-state index contributed by atoms with van der Waals surface area (Å²) in [6.45, 7) is 0.987. The maximum atomic E-state index is 14.2. The Bertz CT molecular complexity index is 2520. The number of carbonyl (C=O) groups is 6. The van der Waals surface area contributed by atoms with Crippen molar-refractivity contribution in [3.8, 4) is 5.75 Å². The van der Waals surface area contributed by atoms with Gasteiger partial charge in [-0.2, -0.15) is 11.8 Å². The van der Waals surface area contributed by atoms with Crippen LogP contribution in [-0.4, -0.2) is 132 Å². The van der Waals surface area contributed by atoms with E-state index in [1.165, 1.54) is 37.9 Å². The second-order valence-corrected chi connectivity index (χ2v) is 16.2. The number of carboxylic acids is 1. The maximum absolute atomic E-state index is 14.2. The van der Waals surface area contributed by atoms with E-state index in [-0.39, 0.29) is 37.2 Å². The number of aromatic amines is 2. The molecule has 2 aromatic carbocycles. The first-order valence-corrected chi connectivity index (χ1v) is 21.7. The number of aliphatic carboxylic acids is 1. The number of amides is 6. The van der Waals surface area contributed by atoms with Gasteiger partial charge in [0.15, 0.2) is 0 Å². The number of thioether (sulfide) groups is 1. The summed E-state index contributed by atoms with van der Waals surface area (Å²) < 4.78 is 6.68. The number of urea groups is 1. The molecule has 0 radical (unpaired) electrons. The highest BCUT2D eigenvalue weighted by molar-refractivity contribution is 7.98. The number of hydrogen-bond acceptors (Lipinski definition) is 13. The van der Waals surface area contributed by atoms with Gasteiger partial charge in [-0.1, -0.05) is 30.3 Å². The van der Waals surface area contributed by atoms with E-state index in [0.717, 1.165) is 38.8 Å². The van der Waals surface area contributed by atoms with Gasteiger partial charge < -0.3 is 62.3 Å². The zero-order valence-corrected chi connectivity index (χ0v) is 36.4. The fourth-order valence-corrected chi connectivity index (χ4v) is 7.55. The van der Waals surface area contributed by atoms with Crippen molar-refractivity contribution < 1.29 is 48.8 Å². The third kappa shape index (κ3) is 13.0. The van der Waals surface area contributed by atoms with Gasteiger partial charge in [0.2, 0.25) is 29.9 Å². The van der Waals surface area contributed by atoms with Gasteiger partial charge in [0.05, 0.1) is 12.6 Å². The summed E-state index contributed by atoms with van der Waals surface area (Å²) in [5, 5.41) is 44.2. The molecule has 348 valence electrons. The molecule has 1 aliphatic rings. The molecule has 1 aliphatic heterocycles. The number of rotatable bonds is 20. The van der Waals surface area contributed by atoms with Crippen molar-refractivity contribution in [1.82, 2.24) is 46.0 Å². The number of carbonyl (C=O) groups excluding carboxylic acids is 5. The quantitative estimate of drug-likeness (QED) is 0.0512. The first kappa shape index (κ1) is 48.9. The molecular formula is C42H52N10O12S. The number of fused-ring (bicyclic) bond motifs is 1. The molecule has 7 atom stereocenters. The van der Waals surface area contributed by atoms with E-state index in [1.807, 2.05) is 12.1 Å². The van der Waals surface area contributed by atoms with Gasteiger partial charge in [0, 0.05) is 61.9 Å². The topological polar surface area (TPSA) is 332 Å². The smallest absolute Gasteiger partial charge is 0.331 e. The predicted molar refractivity (Wildman–Crippen MR) is 237 cm³/mol. The minimum absolute atomic E-state index is 0.00333. The molecule has 6 amide bonds. The number of H-pyrrole nitrogens is 2. The Balaban J connectivity index is 1.39. The number of carboxylic acid groups (broad SMARTS) is 1. The van der Waals surface area contributed by atoms with Crippen LogP contribution in [-0.2, 0) is 41.6 Å². The molecule has 23 heteroatoms. The Morgan fingerprint density at radius 3 is 2.42 bits per heavy atom. The van der Waals surface area contributed by atoms with Crippen LogP contribution in [0, 0.1) is 0 Å². The van der Waals surface area contributed by atoms with Gasteiger partial charge in [-0.05, 0) is 54.7 Å². The zero-order chi connectivity index (χ0) is 47.4. The molecule has 0 spiro atoms. The van der Waals surface area contributed by atoms with Crippen LogP contribution in [0.1, 0.15) is 37.1 Å². The third-order valence-corrected chi connectivity index (χ3v) is 11.3. The van der Waals surface area contributed by atoms with Crippen molar-refractivity contribution in [1.29, 1.82) is 0 Å². The number of nitrogens with zero attached hydrogens (tertiary/aromatic N) is 2. The Hall–Kier alpha value is -7.11. The van der Waals surface area contributed by atoms with Crippen LogP contribution < -0.4 is 43.6 Å². The Labute approximate surface area is 375 Å². The highest BCUT2D eigenvalue weighted by atomic mass is 32.2. The molecule has 0 aliphatic carbocycles. The molecule has 12 N–H and O–H groups in total. The molecule has 65 heavy (non-hydrogen) atoms. The summed E-state index contributed by atoms with van der Waals surface area (Å²) in [5.74, 6) is -4.25. The summed E-state index contributed by atoms with van der Waals surface area (Å²) in [6.07, 6.45) is 2.72. The fourth-order valence-electron chi connectivity index (χ4n) is 7.08. The number of aromatic nitrogens is 3. The number of para-hydroxylation sites is 1. The average Bonchev–Trinajstić information content (AvgIpc) is 3.86. The highest BCUT2D eigenvalue weighted by Gasteiger charge is 2.38. The normalized spacial score (nSPS) is 17.5. The zero-order valence-electron chi connectivity index (χ0n) is 35.6. The summed E-state index contributed by atoms with van der Waals surface area (Å²) in [4.78, 5) is 111. The lowest BCUT2D eigenvalue weighted by Crippen LogP contribution is -2.62. The molecule has 3 heterocycles. The standard InChI is InChI=1S/C42H52N10O12S/c1-22(51(2)38(59)30(46-34(56)19-43)16-23-7-6-8-25(53)15-23)35(37(58)45-21-26-18-32(54)39(64-26)52-13-11-33(55)49-42(52)63)50-36(57)29(12-14-65-3)47-41(62)48-31(40(60)61)17-24-20-44-28-10-5-4-9-27(24)28/h4-11,13,15,20-22,29-32,35,39,44,53-54H,12,14,16-19,43H2,1-3H3,(H,45,58)(H,46,56)(H,50,57)(H,60,61)(H2,47,48,62)(H,49,55,63). The number of benzene rings is 2. The number of ether oxygens (including phenoxy) is 1. The lowest BCUT2D eigenvalue weighted by atomic mass is 10.0. The van der Waals surface area contributed by atoms with Crippen LogP contribution >= 0.6 is 11.8 Å². The summed E-state index contributed by atoms with van der Waals surface area (Å²) in [6, 6.07) is 6.53. The molecule has 5 rings (SSSR count). The number of phenolic OH excluding ortho intramolecular Hbond substituents is 1. The van der Waals surface area contributed by atoms with E-state index in [4.69, 9.17) is 10.5 Å². The van der Waals surface area contributed by atoms with Crippen molar-refractivity contribution in [2.24, 2.45) is 5.73 Å². The highest BCUT2D eigenvalue weighted by Crippen LogP contribution is 2.30. The van der Waals surface area contributed by atoms with Gasteiger partial charge in [0.25, 0.3) is 5.56 Å². The summed E-state index contributed by atoms with van der Waals surface area (Å²) >= 11 is 1.35. The first-order valence-electron chi connectivity index (χ1n) is 20.3. The molecule has 0 bridgehead atoms. The van der Waals surface area contributed by atoms with E-state index < -0.39 is 96.0 Å². The lowest BCUT2D eigenvalue weighted by molar-refractivity contribution is -0.140. The van der Waals surface area contributed by atoms with E-state index in [2.05, 4.69) is 36.6 Å². The van der Waals surface area contributed by atoms with Crippen LogP contribution in [0.5, 0.6) is 5.75 Å². The Morgan fingerprint density at radius 1 is 0.985 bits per heavy atom. The third-order valence-electron chi connectivity index (χ3n) is 10.6. The van der Waals surface area contributed by atoms with Crippen molar-refractivity contribution >= 4 is 58.3 Å². The maximum Gasteiger partial charge on any atom is 0.331 e. The number of aliphatic hydroxyl groups is 1. The molecule has 1 fully saturated rings. The Kier molecular flexibility index (Phi) is 16.9. The molecule has 1 saturated heterocycles. The van der Waals surface area contributed by atoms with Gasteiger partial charge in [-0.15, -0.1) is 0 Å². The number of nitrogens with two attached hydrogens (primary N) is 1. The largest absolute Gasteiger partial charge is 0.508 e. The van der Waals surface area contributed by atoms with Crippen molar-refractivity contribution in [3.05, 3.63) is 111 Å². The second kappa shape index (κ2) is 22.5. The number of likely N-dealkylation sites (N-methyl/N-ethyl adjacent to an activating group) is 1. The van der Waals surface area contributed by atoms with Crippen molar-refractivity contribution in [3.63, 3.8) is 0 Å². The monoisotopic (exact) mass is 920 g/mol. The van der Waals surface area contributed by atoms with Gasteiger partial charge in [-0.25, -0.2) is 14.4 Å². The predicted octanol–water partition coefficient (Wildman–Crippen LogP) is -0.904. The molecular weight excluding hydrogens is 869 g/mol. The van der Waals surface area contributed by atoms with E-state index in [0.29, 0.717) is 16.9 Å². The molecule has 7 unspecified atom stereocenters.